The molecule has 1 aromatic heterocycles. The summed E-state index contributed by atoms with van der Waals surface area (Å²) in [6.07, 6.45) is 0.447. The highest BCUT2D eigenvalue weighted by Crippen LogP contribution is 2.16. The minimum atomic E-state index is -0.318. The lowest BCUT2D eigenvalue weighted by atomic mass is 10.1. The van der Waals surface area contributed by atoms with Crippen molar-refractivity contribution in [3.8, 4) is 5.69 Å². The van der Waals surface area contributed by atoms with Crippen LogP contribution in [0, 0.1) is 13.8 Å². The molecule has 3 aromatic carbocycles. The fraction of sp³-hybridized carbons (Fsp3) is 0.192. The van der Waals surface area contributed by atoms with Crippen LogP contribution in [-0.2, 0) is 22.6 Å². The maximum Gasteiger partial charge on any atom is 0.306 e. The minimum Gasteiger partial charge on any atom is -0.461 e. The van der Waals surface area contributed by atoms with E-state index in [2.05, 4.69) is 0 Å². The molecule has 1 heterocycles. The molecule has 0 radical (unpaired) electrons. The van der Waals surface area contributed by atoms with E-state index in [0.29, 0.717) is 23.1 Å². The predicted octanol–water partition coefficient (Wildman–Crippen LogP) is 4.68. The summed E-state index contributed by atoms with van der Waals surface area (Å²) in [5, 5.41) is 0.550. The second-order valence-electron chi connectivity index (χ2n) is 7.61. The molecule has 0 atom stereocenters. The quantitative estimate of drug-likeness (QED) is 0.432. The van der Waals surface area contributed by atoms with E-state index in [-0.39, 0.29) is 24.6 Å². The van der Waals surface area contributed by atoms with Gasteiger partial charge in [0, 0.05) is 6.42 Å². The summed E-state index contributed by atoms with van der Waals surface area (Å²) in [6.45, 7) is 4.22. The summed E-state index contributed by atoms with van der Waals surface area (Å²) >= 11 is 0. The van der Waals surface area contributed by atoms with Crippen LogP contribution in [0.25, 0.3) is 16.6 Å². The molecule has 31 heavy (non-hydrogen) atoms. The lowest BCUT2D eigenvalue weighted by Crippen LogP contribution is -2.24. The van der Waals surface area contributed by atoms with Gasteiger partial charge in [-0.2, -0.15) is 0 Å². The molecule has 0 aliphatic heterocycles. The van der Waals surface area contributed by atoms with E-state index in [1.165, 1.54) is 0 Å². The highest BCUT2D eigenvalue weighted by molar-refractivity contribution is 5.78. The Morgan fingerprint density at radius 3 is 2.42 bits per heavy atom. The van der Waals surface area contributed by atoms with Gasteiger partial charge in [-0.1, -0.05) is 54.1 Å². The molecule has 0 aliphatic rings. The first kappa shape index (κ1) is 20.5. The van der Waals surface area contributed by atoms with Crippen molar-refractivity contribution in [1.29, 1.82) is 0 Å². The van der Waals surface area contributed by atoms with Gasteiger partial charge in [0.2, 0.25) is 0 Å². The average Bonchev–Trinajstić information content (AvgIpc) is 2.78. The molecule has 0 bridgehead atoms. The Hall–Kier alpha value is -3.73. The van der Waals surface area contributed by atoms with Crippen molar-refractivity contribution in [2.75, 3.05) is 0 Å². The van der Waals surface area contributed by atoms with Crippen molar-refractivity contribution in [2.45, 2.75) is 33.3 Å². The molecular weight excluding hydrogens is 388 g/mol. The first-order valence-corrected chi connectivity index (χ1v) is 10.3. The highest BCUT2D eigenvalue weighted by atomic mass is 16.5. The van der Waals surface area contributed by atoms with Gasteiger partial charge in [0.1, 0.15) is 12.4 Å². The maximum absolute atomic E-state index is 13.2. The number of aryl methyl sites for hydroxylation is 3. The summed E-state index contributed by atoms with van der Waals surface area (Å²) in [5.74, 6) is 0.224. The molecule has 0 aliphatic carbocycles. The smallest absolute Gasteiger partial charge is 0.306 e. The number of benzene rings is 3. The zero-order valence-corrected chi connectivity index (χ0v) is 17.7. The Morgan fingerprint density at radius 2 is 1.65 bits per heavy atom. The van der Waals surface area contributed by atoms with Crippen molar-refractivity contribution in [2.24, 2.45) is 0 Å². The molecule has 0 fully saturated rings. The van der Waals surface area contributed by atoms with Crippen LogP contribution in [0.2, 0.25) is 0 Å². The third-order valence-electron chi connectivity index (χ3n) is 5.34. The fourth-order valence-electron chi connectivity index (χ4n) is 3.52. The number of hydrogen-bond donors (Lipinski definition) is 0. The third kappa shape index (κ3) is 4.56. The first-order chi connectivity index (χ1) is 15.0. The fourth-order valence-corrected chi connectivity index (χ4v) is 3.52. The molecule has 0 amide bonds. The Labute approximate surface area is 181 Å². The number of ether oxygens (including phenoxy) is 1. The first-order valence-electron chi connectivity index (χ1n) is 10.3. The van der Waals surface area contributed by atoms with Crippen LogP contribution in [0.1, 0.15) is 28.9 Å². The monoisotopic (exact) mass is 412 g/mol. The number of fused-ring (bicyclic) bond motifs is 1. The van der Waals surface area contributed by atoms with Crippen molar-refractivity contribution in [3.05, 3.63) is 106 Å². The van der Waals surface area contributed by atoms with Crippen molar-refractivity contribution < 1.29 is 9.53 Å². The van der Waals surface area contributed by atoms with Crippen molar-refractivity contribution >= 4 is 16.9 Å². The Kier molecular flexibility index (Phi) is 5.94. The van der Waals surface area contributed by atoms with E-state index in [1.807, 2.05) is 80.6 Å². The molecule has 0 N–H and O–H groups in total. The lowest BCUT2D eigenvalue weighted by molar-refractivity contribution is -0.144. The van der Waals surface area contributed by atoms with E-state index < -0.39 is 0 Å². The molecule has 0 saturated carbocycles. The van der Waals surface area contributed by atoms with Gasteiger partial charge in [-0.3, -0.25) is 14.2 Å². The number of para-hydroxylation sites is 1. The molecular formula is C26H24N2O3. The van der Waals surface area contributed by atoms with Crippen LogP contribution < -0.4 is 5.56 Å². The van der Waals surface area contributed by atoms with Crippen molar-refractivity contribution in [3.63, 3.8) is 0 Å². The van der Waals surface area contributed by atoms with E-state index in [9.17, 15) is 9.59 Å². The third-order valence-corrected chi connectivity index (χ3v) is 5.34. The van der Waals surface area contributed by atoms with E-state index in [1.54, 1.807) is 10.6 Å². The van der Waals surface area contributed by atoms with E-state index in [0.717, 1.165) is 22.4 Å². The molecule has 4 aromatic rings. The Morgan fingerprint density at radius 1 is 0.935 bits per heavy atom. The minimum absolute atomic E-state index is 0.141. The van der Waals surface area contributed by atoms with E-state index >= 15 is 0 Å². The van der Waals surface area contributed by atoms with E-state index in [4.69, 9.17) is 9.72 Å². The van der Waals surface area contributed by atoms with Gasteiger partial charge in [0.05, 0.1) is 23.0 Å². The summed E-state index contributed by atoms with van der Waals surface area (Å²) in [4.78, 5) is 30.3. The number of rotatable bonds is 6. The molecule has 0 saturated heterocycles. The SMILES string of the molecule is Cc1ccc(-n2c(CCC(=O)OCc3ccccc3C)nc3ccccc3c2=O)cc1. The number of carbonyl (C=O) groups excluding carboxylic acids is 1. The molecule has 5 nitrogen and oxygen atoms in total. The molecule has 0 unspecified atom stereocenters. The van der Waals surface area contributed by atoms with Gasteiger partial charge in [-0.05, 0) is 49.2 Å². The maximum atomic E-state index is 13.2. The molecule has 0 spiro atoms. The van der Waals surface area contributed by atoms with Gasteiger partial charge in [0.15, 0.2) is 0 Å². The number of aromatic nitrogens is 2. The zero-order chi connectivity index (χ0) is 21.8. The molecule has 5 heteroatoms. The molecule has 4 rings (SSSR count). The number of carbonyl (C=O) groups is 1. The summed E-state index contributed by atoms with van der Waals surface area (Å²) in [6, 6.07) is 22.8. The van der Waals surface area contributed by atoms with Gasteiger partial charge in [-0.15, -0.1) is 0 Å². The summed E-state index contributed by atoms with van der Waals surface area (Å²) in [5.41, 5.74) is 4.39. The van der Waals surface area contributed by atoms with Crippen LogP contribution in [0.5, 0.6) is 0 Å². The lowest BCUT2D eigenvalue weighted by Gasteiger charge is -2.14. The van der Waals surface area contributed by atoms with Crippen LogP contribution in [0.15, 0.2) is 77.6 Å². The predicted molar refractivity (Wildman–Crippen MR) is 121 cm³/mol. The zero-order valence-electron chi connectivity index (χ0n) is 17.7. The van der Waals surface area contributed by atoms with Crippen molar-refractivity contribution in [1.82, 2.24) is 9.55 Å². The summed E-state index contributed by atoms with van der Waals surface area (Å²) in [7, 11) is 0. The number of nitrogens with zero attached hydrogens (tertiary/aromatic N) is 2. The summed E-state index contributed by atoms with van der Waals surface area (Å²) < 4.78 is 7.05. The second kappa shape index (κ2) is 8.96. The second-order valence-corrected chi connectivity index (χ2v) is 7.61. The standard InChI is InChI=1S/C26H24N2O3/c1-18-11-13-21(14-12-18)28-24(27-23-10-6-5-9-22(23)26(28)30)15-16-25(29)31-17-20-8-4-3-7-19(20)2/h3-14H,15-17H2,1-2H3. The highest BCUT2D eigenvalue weighted by Gasteiger charge is 2.15. The van der Waals surface area contributed by atoms with Crippen LogP contribution in [0.3, 0.4) is 0 Å². The van der Waals surface area contributed by atoms with Crippen LogP contribution >= 0.6 is 0 Å². The normalized spacial score (nSPS) is 10.9. The topological polar surface area (TPSA) is 61.2 Å². The van der Waals surface area contributed by atoms with Gasteiger partial charge < -0.3 is 4.74 Å². The average molecular weight is 412 g/mol. The van der Waals surface area contributed by atoms with Gasteiger partial charge in [-0.25, -0.2) is 4.98 Å². The van der Waals surface area contributed by atoms with Crippen LogP contribution in [-0.4, -0.2) is 15.5 Å². The Bertz CT molecular complexity index is 1290. The van der Waals surface area contributed by atoms with Crippen LogP contribution in [0.4, 0.5) is 0 Å². The van der Waals surface area contributed by atoms with Gasteiger partial charge in [0.25, 0.3) is 5.56 Å². The number of esters is 1. The largest absolute Gasteiger partial charge is 0.461 e. The Balaban J connectivity index is 1.59. The number of hydrogen-bond acceptors (Lipinski definition) is 4. The molecule has 156 valence electrons. The van der Waals surface area contributed by atoms with Gasteiger partial charge >= 0.3 is 5.97 Å².